The molecule has 100 valence electrons. The third kappa shape index (κ3) is 3.02. The van der Waals surface area contributed by atoms with Gasteiger partial charge in [-0.3, -0.25) is 0 Å². The van der Waals surface area contributed by atoms with Crippen molar-refractivity contribution in [2.75, 3.05) is 0 Å². The van der Waals surface area contributed by atoms with Gasteiger partial charge in [0.15, 0.2) is 0 Å². The van der Waals surface area contributed by atoms with Crippen molar-refractivity contribution in [1.82, 2.24) is 0 Å². The summed E-state index contributed by atoms with van der Waals surface area (Å²) in [5, 5.41) is 0. The van der Waals surface area contributed by atoms with Gasteiger partial charge < -0.3 is 5.73 Å². The van der Waals surface area contributed by atoms with Crippen molar-refractivity contribution in [2.45, 2.75) is 31.7 Å². The summed E-state index contributed by atoms with van der Waals surface area (Å²) < 4.78 is 13.7. The SMILES string of the molecule is CC(C)(c1ccccc1)C(N)Cc1ccccc1F. The van der Waals surface area contributed by atoms with Gasteiger partial charge in [0.25, 0.3) is 0 Å². The lowest BCUT2D eigenvalue weighted by molar-refractivity contribution is 0.402. The fourth-order valence-electron chi connectivity index (χ4n) is 2.24. The second-order valence-corrected chi connectivity index (χ2v) is 5.49. The van der Waals surface area contributed by atoms with Gasteiger partial charge in [-0.1, -0.05) is 62.4 Å². The van der Waals surface area contributed by atoms with Crippen LogP contribution in [-0.2, 0) is 11.8 Å². The van der Waals surface area contributed by atoms with Gasteiger partial charge in [0.1, 0.15) is 5.82 Å². The van der Waals surface area contributed by atoms with E-state index in [1.54, 1.807) is 12.1 Å². The summed E-state index contributed by atoms with van der Waals surface area (Å²) in [4.78, 5) is 0. The quantitative estimate of drug-likeness (QED) is 0.888. The van der Waals surface area contributed by atoms with Crippen molar-refractivity contribution < 1.29 is 4.39 Å². The maximum atomic E-state index is 13.7. The van der Waals surface area contributed by atoms with E-state index in [0.29, 0.717) is 12.0 Å². The van der Waals surface area contributed by atoms with Crippen molar-refractivity contribution in [3.8, 4) is 0 Å². The minimum atomic E-state index is -0.191. The van der Waals surface area contributed by atoms with Crippen LogP contribution in [0.2, 0.25) is 0 Å². The van der Waals surface area contributed by atoms with E-state index in [4.69, 9.17) is 5.73 Å². The fourth-order valence-corrected chi connectivity index (χ4v) is 2.24. The molecule has 2 rings (SSSR count). The molecule has 1 unspecified atom stereocenters. The van der Waals surface area contributed by atoms with E-state index in [9.17, 15) is 4.39 Å². The van der Waals surface area contributed by atoms with E-state index in [-0.39, 0.29) is 17.3 Å². The minimum Gasteiger partial charge on any atom is -0.327 e. The maximum Gasteiger partial charge on any atom is 0.126 e. The van der Waals surface area contributed by atoms with Gasteiger partial charge in [-0.2, -0.15) is 0 Å². The molecule has 2 heteroatoms. The van der Waals surface area contributed by atoms with Gasteiger partial charge >= 0.3 is 0 Å². The first kappa shape index (κ1) is 13.8. The number of hydrogen-bond donors (Lipinski definition) is 1. The van der Waals surface area contributed by atoms with Crippen molar-refractivity contribution >= 4 is 0 Å². The third-order valence-corrected chi connectivity index (χ3v) is 3.84. The molecule has 0 aromatic heterocycles. The number of hydrogen-bond acceptors (Lipinski definition) is 1. The third-order valence-electron chi connectivity index (χ3n) is 3.84. The summed E-state index contributed by atoms with van der Waals surface area (Å²) in [5.74, 6) is -0.179. The van der Waals surface area contributed by atoms with Crippen LogP contribution in [0.5, 0.6) is 0 Å². The molecule has 1 atom stereocenters. The first-order valence-electron chi connectivity index (χ1n) is 6.56. The average molecular weight is 257 g/mol. The molecule has 2 N–H and O–H groups in total. The number of halogens is 1. The molecule has 0 aliphatic rings. The highest BCUT2D eigenvalue weighted by Crippen LogP contribution is 2.28. The summed E-state index contributed by atoms with van der Waals surface area (Å²) in [6.07, 6.45) is 0.536. The van der Waals surface area contributed by atoms with Crippen molar-refractivity contribution in [3.63, 3.8) is 0 Å². The van der Waals surface area contributed by atoms with Crippen molar-refractivity contribution in [3.05, 3.63) is 71.5 Å². The average Bonchev–Trinajstić information content (AvgIpc) is 2.42. The molecule has 0 saturated carbocycles. The lowest BCUT2D eigenvalue weighted by atomic mass is 9.76. The largest absolute Gasteiger partial charge is 0.327 e. The van der Waals surface area contributed by atoms with Crippen LogP contribution >= 0.6 is 0 Å². The number of nitrogens with two attached hydrogens (primary N) is 1. The van der Waals surface area contributed by atoms with Crippen LogP contribution in [0.25, 0.3) is 0 Å². The van der Waals surface area contributed by atoms with E-state index >= 15 is 0 Å². The maximum absolute atomic E-state index is 13.7. The van der Waals surface area contributed by atoms with Crippen LogP contribution in [0.1, 0.15) is 25.0 Å². The zero-order chi connectivity index (χ0) is 13.9. The normalized spacial score (nSPS) is 13.3. The Kier molecular flexibility index (Phi) is 4.01. The topological polar surface area (TPSA) is 26.0 Å². The first-order chi connectivity index (χ1) is 9.01. The Morgan fingerprint density at radius 1 is 1.00 bits per heavy atom. The molecule has 0 fully saturated rings. The summed E-state index contributed by atoms with van der Waals surface area (Å²) in [6.45, 7) is 4.21. The second-order valence-electron chi connectivity index (χ2n) is 5.49. The summed E-state index contributed by atoms with van der Waals surface area (Å²) in [7, 11) is 0. The molecule has 0 spiro atoms. The summed E-state index contributed by atoms with van der Waals surface area (Å²) in [6, 6.07) is 16.8. The molecule has 0 aliphatic carbocycles. The van der Waals surface area contributed by atoms with Gasteiger partial charge in [0, 0.05) is 11.5 Å². The molecule has 1 nitrogen and oxygen atoms in total. The fraction of sp³-hybridized carbons (Fsp3) is 0.294. The van der Waals surface area contributed by atoms with E-state index in [1.807, 2.05) is 24.3 Å². The molecule has 0 heterocycles. The number of rotatable bonds is 4. The molecule has 0 radical (unpaired) electrons. The Balaban J connectivity index is 2.20. The van der Waals surface area contributed by atoms with Crippen LogP contribution < -0.4 is 5.73 Å². The van der Waals surface area contributed by atoms with Crippen LogP contribution in [0.15, 0.2) is 54.6 Å². The van der Waals surface area contributed by atoms with E-state index in [0.717, 1.165) is 0 Å². The lowest BCUT2D eigenvalue weighted by Gasteiger charge is -2.32. The molecule has 0 amide bonds. The highest BCUT2D eigenvalue weighted by Gasteiger charge is 2.28. The van der Waals surface area contributed by atoms with Gasteiger partial charge in [0.2, 0.25) is 0 Å². The highest BCUT2D eigenvalue weighted by atomic mass is 19.1. The smallest absolute Gasteiger partial charge is 0.126 e. The molecular formula is C17H20FN. The van der Waals surface area contributed by atoms with E-state index < -0.39 is 0 Å². The molecule has 2 aromatic rings. The lowest BCUT2D eigenvalue weighted by Crippen LogP contribution is -2.42. The van der Waals surface area contributed by atoms with E-state index in [1.165, 1.54) is 11.6 Å². The van der Waals surface area contributed by atoms with Crippen molar-refractivity contribution in [2.24, 2.45) is 5.73 Å². The van der Waals surface area contributed by atoms with Crippen LogP contribution in [0.3, 0.4) is 0 Å². The Labute approximate surface area is 114 Å². The van der Waals surface area contributed by atoms with Gasteiger partial charge in [-0.05, 0) is 23.6 Å². The molecule has 2 aromatic carbocycles. The standard InChI is InChI=1S/C17H20FN/c1-17(2,14-9-4-3-5-10-14)16(19)12-13-8-6-7-11-15(13)18/h3-11,16H,12,19H2,1-2H3. The van der Waals surface area contributed by atoms with Crippen LogP contribution in [0.4, 0.5) is 4.39 Å². The molecule has 0 saturated heterocycles. The zero-order valence-corrected chi connectivity index (χ0v) is 11.4. The van der Waals surface area contributed by atoms with Crippen LogP contribution in [-0.4, -0.2) is 6.04 Å². The Hall–Kier alpha value is -1.67. The van der Waals surface area contributed by atoms with E-state index in [2.05, 4.69) is 26.0 Å². The predicted molar refractivity (Wildman–Crippen MR) is 77.5 cm³/mol. The van der Waals surface area contributed by atoms with Crippen molar-refractivity contribution in [1.29, 1.82) is 0 Å². The molecule has 0 aliphatic heterocycles. The monoisotopic (exact) mass is 257 g/mol. The van der Waals surface area contributed by atoms with Gasteiger partial charge in [0.05, 0.1) is 0 Å². The van der Waals surface area contributed by atoms with Gasteiger partial charge in [-0.15, -0.1) is 0 Å². The van der Waals surface area contributed by atoms with Gasteiger partial charge in [-0.25, -0.2) is 4.39 Å². The Morgan fingerprint density at radius 2 is 1.58 bits per heavy atom. The second kappa shape index (κ2) is 5.54. The highest BCUT2D eigenvalue weighted by molar-refractivity contribution is 5.27. The number of benzene rings is 2. The minimum absolute atomic E-state index is 0.133. The zero-order valence-electron chi connectivity index (χ0n) is 11.4. The predicted octanol–water partition coefficient (Wildman–Crippen LogP) is 3.67. The molecular weight excluding hydrogens is 237 g/mol. The first-order valence-corrected chi connectivity index (χ1v) is 6.56. The molecule has 0 bridgehead atoms. The summed E-state index contributed by atoms with van der Waals surface area (Å²) in [5.41, 5.74) is 7.99. The Morgan fingerprint density at radius 3 is 2.21 bits per heavy atom. The Bertz CT molecular complexity index is 534. The summed E-state index contributed by atoms with van der Waals surface area (Å²) >= 11 is 0. The molecule has 19 heavy (non-hydrogen) atoms. The van der Waals surface area contributed by atoms with Crippen LogP contribution in [0, 0.1) is 5.82 Å².